The van der Waals surface area contributed by atoms with E-state index in [2.05, 4.69) is 19.9 Å². The summed E-state index contributed by atoms with van der Waals surface area (Å²) in [6.07, 6.45) is 0. The Bertz CT molecular complexity index is 717. The van der Waals surface area contributed by atoms with Crippen molar-refractivity contribution in [3.63, 3.8) is 0 Å². The first-order valence-corrected chi connectivity index (χ1v) is 5.12. The number of hydrogen-bond donors (Lipinski definition) is 2. The third-order valence-corrected chi connectivity index (χ3v) is 2.23. The zero-order valence-corrected chi connectivity index (χ0v) is 9.72. The monoisotopic (exact) mass is 274 g/mol. The fourth-order valence-electron chi connectivity index (χ4n) is 1.35. The normalized spacial score (nSPS) is 10.9. The summed E-state index contributed by atoms with van der Waals surface area (Å²) in [6, 6.07) is 7.08. The van der Waals surface area contributed by atoms with E-state index in [1.807, 2.05) is 0 Å². The van der Waals surface area contributed by atoms with E-state index in [0.717, 1.165) is 0 Å². The van der Waals surface area contributed by atoms with Crippen molar-refractivity contribution in [2.45, 2.75) is 0 Å². The Morgan fingerprint density at radius 3 is 3.00 bits per heavy atom. The third kappa shape index (κ3) is 2.57. The Morgan fingerprint density at radius 2 is 2.35 bits per heavy atom. The highest BCUT2D eigenvalue weighted by molar-refractivity contribution is 5.99. The summed E-state index contributed by atoms with van der Waals surface area (Å²) in [7, 11) is 0. The van der Waals surface area contributed by atoms with Gasteiger partial charge < -0.3 is 0 Å². The van der Waals surface area contributed by atoms with Gasteiger partial charge in [0.15, 0.2) is 5.84 Å². The highest BCUT2D eigenvalue weighted by Crippen LogP contribution is 2.17. The molecule has 0 spiro atoms. The second kappa shape index (κ2) is 5.55. The number of hydrogen-bond acceptors (Lipinski definition) is 8. The largest absolute Gasteiger partial charge is 0.290 e. The van der Waals surface area contributed by atoms with E-state index in [0.29, 0.717) is 0 Å². The molecule has 10 heteroatoms. The van der Waals surface area contributed by atoms with Gasteiger partial charge in [0.2, 0.25) is 11.5 Å². The molecule has 0 amide bonds. The van der Waals surface area contributed by atoms with Crippen LogP contribution in [0.2, 0.25) is 0 Å². The number of non-ortho nitro benzene ring substituents is 1. The summed E-state index contributed by atoms with van der Waals surface area (Å²) in [5.41, 5.74) is 1.66. The predicted octanol–water partition coefficient (Wildman–Crippen LogP) is 0.907. The summed E-state index contributed by atoms with van der Waals surface area (Å²) in [5.74, 6) is -0.295. The molecule has 20 heavy (non-hydrogen) atoms. The molecule has 0 radical (unpaired) electrons. The van der Waals surface area contributed by atoms with Crippen LogP contribution < -0.4 is 5.48 Å². The highest BCUT2D eigenvalue weighted by atomic mass is 16.6. The average molecular weight is 274 g/mol. The van der Waals surface area contributed by atoms with Gasteiger partial charge in [-0.15, -0.1) is 0 Å². The van der Waals surface area contributed by atoms with E-state index in [1.165, 1.54) is 24.3 Å². The average Bonchev–Trinajstić information content (AvgIpc) is 2.92. The van der Waals surface area contributed by atoms with Crippen molar-refractivity contribution in [3.05, 3.63) is 45.6 Å². The second-order valence-corrected chi connectivity index (χ2v) is 3.43. The molecule has 0 atom stereocenters. The Morgan fingerprint density at radius 1 is 1.55 bits per heavy atom. The van der Waals surface area contributed by atoms with Crippen LogP contribution in [0, 0.1) is 21.4 Å². The predicted molar refractivity (Wildman–Crippen MR) is 63.2 cm³/mol. The first-order valence-electron chi connectivity index (χ1n) is 5.12. The zero-order valence-electron chi connectivity index (χ0n) is 9.72. The van der Waals surface area contributed by atoms with Gasteiger partial charge in [-0.2, -0.15) is 5.26 Å². The van der Waals surface area contributed by atoms with Gasteiger partial charge in [-0.25, -0.2) is 9.62 Å². The molecule has 2 rings (SSSR count). The van der Waals surface area contributed by atoms with Gasteiger partial charge in [0, 0.05) is 17.7 Å². The molecular formula is C10H6N6O4. The minimum atomic E-state index is -0.586. The molecule has 0 fully saturated rings. The van der Waals surface area contributed by atoms with E-state index in [4.69, 9.17) is 10.5 Å². The number of amidine groups is 1. The molecule has 0 aliphatic heterocycles. The molecule has 0 bridgehead atoms. The number of aromatic nitrogens is 2. The maximum absolute atomic E-state index is 10.7. The maximum Gasteiger partial charge on any atom is 0.270 e. The number of aliphatic imine (C=N–C) groups is 1. The van der Waals surface area contributed by atoms with Crippen molar-refractivity contribution >= 4 is 17.3 Å². The van der Waals surface area contributed by atoms with E-state index < -0.39 is 4.92 Å². The fraction of sp³-hybridized carbons (Fsp3) is 0. The first kappa shape index (κ1) is 13.1. The molecule has 1 heterocycles. The van der Waals surface area contributed by atoms with Crippen molar-refractivity contribution in [2.24, 2.45) is 4.99 Å². The quantitative estimate of drug-likeness (QED) is 0.362. The van der Waals surface area contributed by atoms with E-state index in [-0.39, 0.29) is 28.6 Å². The number of nitro benzene ring substituents is 1. The molecule has 2 N–H and O–H groups in total. The van der Waals surface area contributed by atoms with Crippen LogP contribution in [-0.2, 0) is 0 Å². The lowest BCUT2D eigenvalue weighted by Gasteiger charge is -2.03. The van der Waals surface area contributed by atoms with Gasteiger partial charge in [0.1, 0.15) is 6.07 Å². The van der Waals surface area contributed by atoms with Gasteiger partial charge in [0.05, 0.1) is 4.92 Å². The first-order chi connectivity index (χ1) is 9.65. The number of nitrogens with one attached hydrogen (secondary N) is 1. The molecule has 0 saturated heterocycles. The zero-order chi connectivity index (χ0) is 14.5. The summed E-state index contributed by atoms with van der Waals surface area (Å²) in [4.78, 5) is 13.9. The number of nitriles is 1. The van der Waals surface area contributed by atoms with E-state index in [9.17, 15) is 10.1 Å². The number of rotatable bonds is 3. The van der Waals surface area contributed by atoms with E-state index in [1.54, 1.807) is 11.5 Å². The minimum absolute atomic E-state index is 0.138. The lowest BCUT2D eigenvalue weighted by Crippen LogP contribution is -2.20. The van der Waals surface area contributed by atoms with Gasteiger partial charge in [-0.3, -0.25) is 20.8 Å². The second-order valence-electron chi connectivity index (χ2n) is 3.43. The van der Waals surface area contributed by atoms with E-state index >= 15 is 0 Å². The van der Waals surface area contributed by atoms with Crippen molar-refractivity contribution < 1.29 is 14.8 Å². The third-order valence-electron chi connectivity index (χ3n) is 2.23. The summed E-state index contributed by atoms with van der Waals surface area (Å²) in [6.45, 7) is 0. The van der Waals surface area contributed by atoms with Crippen LogP contribution in [0.25, 0.3) is 0 Å². The SMILES string of the molecule is N#Cc1nonc1N=C(NO)c1cccc([N+](=O)[O-])c1. The van der Waals surface area contributed by atoms with Crippen LogP contribution in [0.4, 0.5) is 11.5 Å². The van der Waals surface area contributed by atoms with Crippen molar-refractivity contribution in [1.29, 1.82) is 5.26 Å². The minimum Gasteiger partial charge on any atom is -0.290 e. The summed E-state index contributed by atoms with van der Waals surface area (Å²) < 4.78 is 4.33. The standard InChI is InChI=1S/C10H6N6O4/c11-5-8-10(15-20-14-8)12-9(13-17)6-2-1-3-7(4-6)16(18)19/h1-4,17H,(H,12,13,15). The Labute approximate surface area is 111 Å². The van der Waals surface area contributed by atoms with Gasteiger partial charge in [-0.05, 0) is 10.3 Å². The van der Waals surface area contributed by atoms with Crippen molar-refractivity contribution in [3.8, 4) is 6.07 Å². The van der Waals surface area contributed by atoms with Crippen LogP contribution in [0.1, 0.15) is 11.3 Å². The molecule has 10 nitrogen and oxygen atoms in total. The van der Waals surface area contributed by atoms with Crippen molar-refractivity contribution in [2.75, 3.05) is 0 Å². The molecule has 0 saturated carbocycles. The molecule has 2 aromatic rings. The molecule has 0 unspecified atom stereocenters. The maximum atomic E-state index is 10.7. The van der Waals surface area contributed by atoms with Crippen LogP contribution in [0.15, 0.2) is 33.9 Å². The lowest BCUT2D eigenvalue weighted by molar-refractivity contribution is -0.384. The van der Waals surface area contributed by atoms with Crippen LogP contribution in [0.5, 0.6) is 0 Å². The summed E-state index contributed by atoms with van der Waals surface area (Å²) >= 11 is 0. The van der Waals surface area contributed by atoms with Gasteiger partial charge >= 0.3 is 0 Å². The van der Waals surface area contributed by atoms with Crippen LogP contribution in [-0.4, -0.2) is 26.3 Å². The number of nitrogens with zero attached hydrogens (tertiary/aromatic N) is 5. The number of benzene rings is 1. The van der Waals surface area contributed by atoms with Crippen molar-refractivity contribution in [1.82, 2.24) is 15.8 Å². The van der Waals surface area contributed by atoms with Gasteiger partial charge in [0.25, 0.3) is 5.69 Å². The number of hydroxylamine groups is 1. The molecule has 1 aromatic carbocycles. The summed E-state index contributed by atoms with van der Waals surface area (Å²) in [5, 5.41) is 35.1. The number of nitro groups is 1. The Hall–Kier alpha value is -3.32. The Balaban J connectivity index is 2.45. The van der Waals surface area contributed by atoms with Crippen LogP contribution in [0.3, 0.4) is 0 Å². The smallest absolute Gasteiger partial charge is 0.270 e. The lowest BCUT2D eigenvalue weighted by atomic mass is 10.2. The molecule has 0 aliphatic carbocycles. The molecule has 1 aromatic heterocycles. The molecule has 100 valence electrons. The fourth-order valence-corrected chi connectivity index (χ4v) is 1.35. The van der Waals surface area contributed by atoms with Gasteiger partial charge in [-0.1, -0.05) is 12.1 Å². The van der Waals surface area contributed by atoms with Crippen LogP contribution >= 0.6 is 0 Å². The topological polar surface area (TPSA) is 150 Å². The Kier molecular flexibility index (Phi) is 3.64. The molecule has 0 aliphatic rings. The highest BCUT2D eigenvalue weighted by Gasteiger charge is 2.13. The molecular weight excluding hydrogens is 268 g/mol.